The summed E-state index contributed by atoms with van der Waals surface area (Å²) < 4.78 is 1.75. The van der Waals surface area contributed by atoms with Gasteiger partial charge in [-0.05, 0) is 19.4 Å². The van der Waals surface area contributed by atoms with Crippen LogP contribution in [0.2, 0.25) is 0 Å². The van der Waals surface area contributed by atoms with Crippen molar-refractivity contribution in [3.8, 4) is 0 Å². The van der Waals surface area contributed by atoms with Crippen molar-refractivity contribution >= 4 is 5.91 Å². The first-order valence-electron chi connectivity index (χ1n) is 7.40. The number of carbonyl (C=O) groups is 1. The molecule has 2 aromatic heterocycles. The summed E-state index contributed by atoms with van der Waals surface area (Å²) in [5, 5.41) is 13.9. The number of rotatable bonds is 5. The molecule has 0 aliphatic heterocycles. The zero-order valence-corrected chi connectivity index (χ0v) is 13.0. The van der Waals surface area contributed by atoms with Crippen LogP contribution in [0, 0.1) is 0 Å². The highest BCUT2D eigenvalue weighted by atomic mass is 16.1. The molecule has 0 aliphatic rings. The van der Waals surface area contributed by atoms with Crippen LogP contribution in [-0.4, -0.2) is 30.9 Å². The third-order valence-electron chi connectivity index (χ3n) is 3.51. The fraction of sp³-hybridized carbons (Fsp3) is 0.250. The van der Waals surface area contributed by atoms with E-state index in [2.05, 4.69) is 25.6 Å². The summed E-state index contributed by atoms with van der Waals surface area (Å²) in [6.45, 7) is 4.02. The maximum absolute atomic E-state index is 12.5. The number of hydrogen-bond donors (Lipinski definition) is 2. The summed E-state index contributed by atoms with van der Waals surface area (Å²) >= 11 is 0. The Labute approximate surface area is 133 Å². The molecular formula is C16H18N6O. The van der Waals surface area contributed by atoms with Crippen molar-refractivity contribution in [1.82, 2.24) is 30.3 Å². The van der Waals surface area contributed by atoms with E-state index in [0.717, 1.165) is 5.56 Å². The lowest BCUT2D eigenvalue weighted by Crippen LogP contribution is -2.30. The number of aromatic amines is 1. The first-order chi connectivity index (χ1) is 11.1. The molecule has 7 nitrogen and oxygen atoms in total. The molecule has 23 heavy (non-hydrogen) atoms. The van der Waals surface area contributed by atoms with E-state index in [9.17, 15) is 4.79 Å². The Bertz CT molecular complexity index is 763. The Morgan fingerprint density at radius 2 is 2.04 bits per heavy atom. The quantitative estimate of drug-likeness (QED) is 0.755. The van der Waals surface area contributed by atoms with Crippen molar-refractivity contribution in [2.75, 3.05) is 0 Å². The Balaban J connectivity index is 1.85. The van der Waals surface area contributed by atoms with Gasteiger partial charge in [0.05, 0.1) is 11.8 Å². The minimum Gasteiger partial charge on any atom is -0.338 e. The van der Waals surface area contributed by atoms with E-state index < -0.39 is 6.04 Å². The van der Waals surface area contributed by atoms with Gasteiger partial charge in [0.1, 0.15) is 12.4 Å². The second kappa shape index (κ2) is 6.43. The number of amides is 1. The molecule has 118 valence electrons. The third-order valence-corrected chi connectivity index (χ3v) is 3.51. The average Bonchev–Trinajstić information content (AvgIpc) is 3.24. The summed E-state index contributed by atoms with van der Waals surface area (Å²) in [6, 6.07) is 9.44. The van der Waals surface area contributed by atoms with Gasteiger partial charge in [0.2, 0.25) is 0 Å². The number of benzene rings is 1. The van der Waals surface area contributed by atoms with Crippen molar-refractivity contribution in [1.29, 1.82) is 0 Å². The monoisotopic (exact) mass is 310 g/mol. The third kappa shape index (κ3) is 3.28. The molecule has 7 heteroatoms. The largest absolute Gasteiger partial charge is 0.338 e. The zero-order chi connectivity index (χ0) is 16.2. The van der Waals surface area contributed by atoms with Crippen LogP contribution >= 0.6 is 0 Å². The minimum absolute atomic E-state index is 0.204. The lowest BCUT2D eigenvalue weighted by atomic mass is 10.1. The molecule has 0 bridgehead atoms. The van der Waals surface area contributed by atoms with E-state index in [0.29, 0.717) is 11.4 Å². The van der Waals surface area contributed by atoms with Gasteiger partial charge in [-0.25, -0.2) is 4.98 Å². The topological polar surface area (TPSA) is 88.5 Å². The fourth-order valence-electron chi connectivity index (χ4n) is 2.26. The maximum atomic E-state index is 12.5. The van der Waals surface area contributed by atoms with Crippen molar-refractivity contribution < 1.29 is 4.79 Å². The second-order valence-corrected chi connectivity index (χ2v) is 5.49. The molecule has 0 spiro atoms. The van der Waals surface area contributed by atoms with E-state index in [1.54, 1.807) is 17.1 Å². The standard InChI is InChI=1S/C16H18N6O/c1-11(2)22-9-13(8-19-22)16(23)20-14(15-17-10-18-21-15)12-6-4-3-5-7-12/h3-11,14H,1-2H3,(H,20,23)(H,17,18,21)/t14-/m1/s1. The van der Waals surface area contributed by atoms with Gasteiger partial charge in [0.15, 0.2) is 5.82 Å². The van der Waals surface area contributed by atoms with Gasteiger partial charge < -0.3 is 5.32 Å². The molecule has 0 radical (unpaired) electrons. The first kappa shape index (κ1) is 15.0. The molecule has 2 N–H and O–H groups in total. The van der Waals surface area contributed by atoms with Crippen LogP contribution in [-0.2, 0) is 0 Å². The highest BCUT2D eigenvalue weighted by Gasteiger charge is 2.21. The molecule has 0 unspecified atom stereocenters. The summed E-state index contributed by atoms with van der Waals surface area (Å²) in [6.07, 6.45) is 4.73. The minimum atomic E-state index is -0.395. The second-order valence-electron chi connectivity index (χ2n) is 5.49. The normalized spacial score (nSPS) is 12.3. The number of aromatic nitrogens is 5. The summed E-state index contributed by atoms with van der Waals surface area (Å²) in [5.74, 6) is 0.378. The lowest BCUT2D eigenvalue weighted by Gasteiger charge is -2.16. The number of nitrogens with zero attached hydrogens (tertiary/aromatic N) is 4. The highest BCUT2D eigenvalue weighted by Crippen LogP contribution is 2.19. The van der Waals surface area contributed by atoms with Crippen molar-refractivity contribution in [2.24, 2.45) is 0 Å². The van der Waals surface area contributed by atoms with Crippen LogP contribution in [0.25, 0.3) is 0 Å². The number of carbonyl (C=O) groups excluding carboxylic acids is 1. The number of nitrogens with one attached hydrogen (secondary N) is 2. The van der Waals surface area contributed by atoms with Crippen LogP contribution in [0.1, 0.15) is 47.7 Å². The molecule has 0 saturated heterocycles. The van der Waals surface area contributed by atoms with E-state index in [-0.39, 0.29) is 11.9 Å². The predicted molar refractivity (Wildman–Crippen MR) is 84.7 cm³/mol. The van der Waals surface area contributed by atoms with E-state index in [4.69, 9.17) is 0 Å². The summed E-state index contributed by atoms with van der Waals surface area (Å²) in [5.41, 5.74) is 1.44. The van der Waals surface area contributed by atoms with Gasteiger partial charge in [-0.2, -0.15) is 10.2 Å². The van der Waals surface area contributed by atoms with Crippen molar-refractivity contribution in [2.45, 2.75) is 25.9 Å². The number of hydrogen-bond acceptors (Lipinski definition) is 4. The van der Waals surface area contributed by atoms with Crippen LogP contribution in [0.15, 0.2) is 49.1 Å². The molecule has 3 rings (SSSR count). The SMILES string of the molecule is CC(C)n1cc(C(=O)N[C@H](c2ccccc2)c2ncn[nH]2)cn1. The molecule has 1 atom stereocenters. The van der Waals surface area contributed by atoms with Crippen molar-refractivity contribution in [3.63, 3.8) is 0 Å². The summed E-state index contributed by atoms with van der Waals surface area (Å²) in [4.78, 5) is 16.7. The van der Waals surface area contributed by atoms with E-state index >= 15 is 0 Å². The van der Waals surface area contributed by atoms with Gasteiger partial charge in [-0.1, -0.05) is 30.3 Å². The fourth-order valence-corrected chi connectivity index (χ4v) is 2.26. The Morgan fingerprint density at radius 3 is 2.65 bits per heavy atom. The Morgan fingerprint density at radius 1 is 1.26 bits per heavy atom. The van der Waals surface area contributed by atoms with Gasteiger partial charge in [-0.3, -0.25) is 14.6 Å². The highest BCUT2D eigenvalue weighted by molar-refractivity contribution is 5.94. The molecule has 0 fully saturated rings. The van der Waals surface area contributed by atoms with E-state index in [1.807, 2.05) is 44.2 Å². The molecule has 1 aromatic carbocycles. The van der Waals surface area contributed by atoms with Gasteiger partial charge >= 0.3 is 0 Å². The lowest BCUT2D eigenvalue weighted by molar-refractivity contribution is 0.0941. The Kier molecular flexibility index (Phi) is 4.18. The average molecular weight is 310 g/mol. The van der Waals surface area contributed by atoms with Crippen molar-refractivity contribution in [3.05, 3.63) is 66.0 Å². The van der Waals surface area contributed by atoms with Gasteiger partial charge in [0, 0.05) is 12.2 Å². The van der Waals surface area contributed by atoms with Gasteiger partial charge in [0.25, 0.3) is 5.91 Å². The smallest absolute Gasteiger partial charge is 0.255 e. The molecule has 0 saturated carbocycles. The predicted octanol–water partition coefficient (Wildman–Crippen LogP) is 2.10. The summed E-state index contributed by atoms with van der Waals surface area (Å²) in [7, 11) is 0. The molecule has 2 heterocycles. The zero-order valence-electron chi connectivity index (χ0n) is 13.0. The van der Waals surface area contributed by atoms with Gasteiger partial charge in [-0.15, -0.1) is 0 Å². The maximum Gasteiger partial charge on any atom is 0.255 e. The van der Waals surface area contributed by atoms with Crippen LogP contribution in [0.5, 0.6) is 0 Å². The van der Waals surface area contributed by atoms with E-state index in [1.165, 1.54) is 6.33 Å². The first-order valence-corrected chi connectivity index (χ1v) is 7.40. The molecule has 0 aliphatic carbocycles. The van der Waals surface area contributed by atoms with Crippen LogP contribution < -0.4 is 5.32 Å². The number of H-pyrrole nitrogens is 1. The van der Waals surface area contributed by atoms with Crippen LogP contribution in [0.3, 0.4) is 0 Å². The molecule has 1 amide bonds. The molecule has 3 aromatic rings. The molecular weight excluding hydrogens is 292 g/mol. The Hall–Kier alpha value is -2.96. The van der Waals surface area contributed by atoms with Crippen LogP contribution in [0.4, 0.5) is 0 Å².